The van der Waals surface area contributed by atoms with Gasteiger partial charge in [0.05, 0.1) is 11.0 Å². The monoisotopic (exact) mass is 291 g/mol. The number of nitrogens with zero attached hydrogens (tertiary/aromatic N) is 1. The first-order chi connectivity index (χ1) is 9.89. The Kier molecular flexibility index (Phi) is 4.21. The summed E-state index contributed by atoms with van der Waals surface area (Å²) >= 11 is 0. The normalized spacial score (nSPS) is 22.1. The maximum Gasteiger partial charge on any atom is 0.311 e. The first-order valence-electron chi connectivity index (χ1n) is 7.22. The highest BCUT2D eigenvalue weighted by molar-refractivity contribution is 5.97. The second-order valence-electron chi connectivity index (χ2n) is 5.79. The van der Waals surface area contributed by atoms with Crippen LogP contribution in [0.3, 0.4) is 0 Å². The lowest BCUT2D eigenvalue weighted by atomic mass is 9.77. The van der Waals surface area contributed by atoms with Crippen molar-refractivity contribution in [3.8, 4) is 5.75 Å². The summed E-state index contributed by atoms with van der Waals surface area (Å²) in [4.78, 5) is 25.6. The fraction of sp³-hybridized carbons (Fsp3) is 0.500. The molecule has 2 N–H and O–H groups in total. The largest absolute Gasteiger partial charge is 0.507 e. The lowest BCUT2D eigenvalue weighted by Crippen LogP contribution is -2.49. The Balaban J connectivity index is 2.25. The highest BCUT2D eigenvalue weighted by Crippen LogP contribution is 2.35. The van der Waals surface area contributed by atoms with Crippen molar-refractivity contribution in [1.29, 1.82) is 0 Å². The molecule has 21 heavy (non-hydrogen) atoms. The number of aliphatic carboxylic acids is 1. The molecule has 0 bridgehead atoms. The standard InChI is InChI=1S/C16H21NO4/c1-3-16(15(20)21)7-4-8-17(10-16)14(19)12-6-5-11(2)9-13(12)18/h5-6,9,18H,3-4,7-8,10H2,1-2H3,(H,20,21). The van der Waals surface area contributed by atoms with Crippen LogP contribution in [-0.2, 0) is 4.79 Å². The van der Waals surface area contributed by atoms with E-state index in [4.69, 9.17) is 0 Å². The number of carbonyl (C=O) groups is 2. The maximum absolute atomic E-state index is 12.5. The third-order valence-corrected chi connectivity index (χ3v) is 4.38. The van der Waals surface area contributed by atoms with Gasteiger partial charge in [-0.2, -0.15) is 0 Å². The Hall–Kier alpha value is -2.04. The molecule has 1 fully saturated rings. The summed E-state index contributed by atoms with van der Waals surface area (Å²) in [6.45, 7) is 4.40. The summed E-state index contributed by atoms with van der Waals surface area (Å²) in [7, 11) is 0. The van der Waals surface area contributed by atoms with Crippen LogP contribution in [0.15, 0.2) is 18.2 Å². The number of aryl methyl sites for hydroxylation is 1. The number of phenols is 1. The second-order valence-corrected chi connectivity index (χ2v) is 5.79. The number of aromatic hydroxyl groups is 1. The molecule has 2 rings (SSSR count). The Morgan fingerprint density at radius 2 is 2.10 bits per heavy atom. The van der Waals surface area contributed by atoms with E-state index in [-0.39, 0.29) is 23.8 Å². The van der Waals surface area contributed by atoms with Crippen LogP contribution in [0.4, 0.5) is 0 Å². The molecular formula is C16H21NO4. The molecule has 1 saturated heterocycles. The lowest BCUT2D eigenvalue weighted by Gasteiger charge is -2.39. The molecule has 1 amide bonds. The SMILES string of the molecule is CCC1(C(=O)O)CCCN(C(=O)c2ccc(C)cc2O)C1. The van der Waals surface area contributed by atoms with Gasteiger partial charge in [-0.25, -0.2) is 0 Å². The van der Waals surface area contributed by atoms with E-state index in [0.29, 0.717) is 25.8 Å². The van der Waals surface area contributed by atoms with Crippen LogP contribution in [0.1, 0.15) is 42.1 Å². The number of carboxylic acid groups (broad SMARTS) is 1. The molecule has 5 heteroatoms. The van der Waals surface area contributed by atoms with Crippen molar-refractivity contribution in [3.05, 3.63) is 29.3 Å². The van der Waals surface area contributed by atoms with Crippen molar-refractivity contribution in [2.24, 2.45) is 5.41 Å². The van der Waals surface area contributed by atoms with Crippen molar-refractivity contribution < 1.29 is 19.8 Å². The van der Waals surface area contributed by atoms with E-state index in [9.17, 15) is 19.8 Å². The molecule has 0 spiro atoms. The number of hydrogen-bond acceptors (Lipinski definition) is 3. The Bertz CT molecular complexity index is 569. The van der Waals surface area contributed by atoms with Crippen molar-refractivity contribution in [1.82, 2.24) is 4.90 Å². The molecule has 1 heterocycles. The number of likely N-dealkylation sites (tertiary alicyclic amines) is 1. The van der Waals surface area contributed by atoms with E-state index < -0.39 is 11.4 Å². The Labute approximate surface area is 124 Å². The molecular weight excluding hydrogens is 270 g/mol. The van der Waals surface area contributed by atoms with Crippen LogP contribution < -0.4 is 0 Å². The first-order valence-corrected chi connectivity index (χ1v) is 7.22. The number of rotatable bonds is 3. The number of amides is 1. The van der Waals surface area contributed by atoms with Crippen LogP contribution in [0.25, 0.3) is 0 Å². The number of hydrogen-bond donors (Lipinski definition) is 2. The van der Waals surface area contributed by atoms with Gasteiger partial charge in [-0.3, -0.25) is 9.59 Å². The molecule has 0 aliphatic carbocycles. The molecule has 0 saturated carbocycles. The van der Waals surface area contributed by atoms with E-state index >= 15 is 0 Å². The van der Waals surface area contributed by atoms with E-state index in [1.807, 2.05) is 13.8 Å². The van der Waals surface area contributed by atoms with Crippen molar-refractivity contribution in [2.45, 2.75) is 33.1 Å². The summed E-state index contributed by atoms with van der Waals surface area (Å²) in [6, 6.07) is 4.90. The minimum atomic E-state index is -0.867. The first kappa shape index (κ1) is 15.4. The minimum Gasteiger partial charge on any atom is -0.507 e. The fourth-order valence-corrected chi connectivity index (χ4v) is 2.91. The third kappa shape index (κ3) is 2.86. The summed E-state index contributed by atoms with van der Waals surface area (Å²) in [5.41, 5.74) is 0.239. The van der Waals surface area contributed by atoms with Gasteiger partial charge in [-0.05, 0) is 43.9 Å². The van der Waals surface area contributed by atoms with E-state index in [2.05, 4.69) is 0 Å². The highest BCUT2D eigenvalue weighted by Gasteiger charge is 2.42. The zero-order valence-electron chi connectivity index (χ0n) is 12.4. The smallest absolute Gasteiger partial charge is 0.311 e. The zero-order chi connectivity index (χ0) is 15.6. The fourth-order valence-electron chi connectivity index (χ4n) is 2.91. The van der Waals surface area contributed by atoms with Gasteiger partial charge in [0, 0.05) is 13.1 Å². The van der Waals surface area contributed by atoms with Gasteiger partial charge in [-0.15, -0.1) is 0 Å². The molecule has 5 nitrogen and oxygen atoms in total. The Morgan fingerprint density at radius 1 is 1.38 bits per heavy atom. The van der Waals surface area contributed by atoms with Gasteiger partial charge < -0.3 is 15.1 Å². The average Bonchev–Trinajstić information content (AvgIpc) is 2.46. The van der Waals surface area contributed by atoms with Crippen molar-refractivity contribution in [2.75, 3.05) is 13.1 Å². The quantitative estimate of drug-likeness (QED) is 0.896. The van der Waals surface area contributed by atoms with E-state index in [1.165, 1.54) is 0 Å². The number of benzene rings is 1. The van der Waals surface area contributed by atoms with E-state index in [1.54, 1.807) is 23.1 Å². The topological polar surface area (TPSA) is 77.8 Å². The van der Waals surface area contributed by atoms with E-state index in [0.717, 1.165) is 5.56 Å². The molecule has 1 unspecified atom stereocenters. The van der Waals surface area contributed by atoms with Gasteiger partial charge in [0.1, 0.15) is 5.75 Å². The highest BCUT2D eigenvalue weighted by atomic mass is 16.4. The lowest BCUT2D eigenvalue weighted by molar-refractivity contribution is -0.152. The number of carbonyl (C=O) groups excluding carboxylic acids is 1. The summed E-state index contributed by atoms with van der Waals surface area (Å²) in [6.07, 6.45) is 1.74. The summed E-state index contributed by atoms with van der Waals surface area (Å²) < 4.78 is 0. The molecule has 1 atom stereocenters. The minimum absolute atomic E-state index is 0.0528. The predicted octanol–water partition coefficient (Wildman–Crippen LogP) is 2.42. The zero-order valence-corrected chi connectivity index (χ0v) is 12.4. The van der Waals surface area contributed by atoms with Gasteiger partial charge in [0.2, 0.25) is 0 Å². The van der Waals surface area contributed by atoms with Crippen molar-refractivity contribution >= 4 is 11.9 Å². The van der Waals surface area contributed by atoms with Gasteiger partial charge in [-0.1, -0.05) is 13.0 Å². The maximum atomic E-state index is 12.5. The van der Waals surface area contributed by atoms with Crippen LogP contribution >= 0.6 is 0 Å². The van der Waals surface area contributed by atoms with Gasteiger partial charge in [0.25, 0.3) is 5.91 Å². The molecule has 114 valence electrons. The van der Waals surface area contributed by atoms with Crippen LogP contribution in [0, 0.1) is 12.3 Å². The number of carboxylic acids is 1. The molecule has 0 radical (unpaired) electrons. The third-order valence-electron chi connectivity index (χ3n) is 4.38. The molecule has 1 aromatic carbocycles. The van der Waals surface area contributed by atoms with Gasteiger partial charge >= 0.3 is 5.97 Å². The van der Waals surface area contributed by atoms with Crippen LogP contribution in [-0.4, -0.2) is 40.1 Å². The Morgan fingerprint density at radius 3 is 2.67 bits per heavy atom. The van der Waals surface area contributed by atoms with Crippen molar-refractivity contribution in [3.63, 3.8) is 0 Å². The predicted molar refractivity (Wildman–Crippen MR) is 78.3 cm³/mol. The average molecular weight is 291 g/mol. The summed E-state index contributed by atoms with van der Waals surface area (Å²) in [5.74, 6) is -1.20. The molecule has 1 aliphatic rings. The van der Waals surface area contributed by atoms with Crippen LogP contribution in [0.5, 0.6) is 5.75 Å². The second kappa shape index (κ2) is 5.76. The molecule has 1 aromatic rings. The number of phenolic OH excluding ortho intramolecular Hbond substituents is 1. The summed E-state index contributed by atoms with van der Waals surface area (Å²) in [5, 5.41) is 19.4. The molecule has 0 aromatic heterocycles. The van der Waals surface area contributed by atoms with Crippen LogP contribution in [0.2, 0.25) is 0 Å². The number of piperidine rings is 1. The van der Waals surface area contributed by atoms with Gasteiger partial charge in [0.15, 0.2) is 0 Å². The molecule has 1 aliphatic heterocycles.